The summed E-state index contributed by atoms with van der Waals surface area (Å²) in [6.45, 7) is 3.83. The molecule has 2 heterocycles. The van der Waals surface area contributed by atoms with Crippen LogP contribution in [0.5, 0.6) is 5.75 Å². The van der Waals surface area contributed by atoms with Crippen LogP contribution in [0.15, 0.2) is 24.3 Å². The van der Waals surface area contributed by atoms with Crippen molar-refractivity contribution in [3.63, 3.8) is 0 Å². The third-order valence-corrected chi connectivity index (χ3v) is 5.18. The molecule has 1 amide bonds. The van der Waals surface area contributed by atoms with Gasteiger partial charge in [0.15, 0.2) is 6.10 Å². The second-order valence-corrected chi connectivity index (χ2v) is 6.78. The van der Waals surface area contributed by atoms with E-state index in [9.17, 15) is 9.59 Å². The molecule has 0 saturated carbocycles. The normalized spacial score (nSPS) is 16.8. The van der Waals surface area contributed by atoms with Gasteiger partial charge >= 0.3 is 5.97 Å². The van der Waals surface area contributed by atoms with E-state index in [0.29, 0.717) is 29.3 Å². The largest absolute Gasteiger partial charge is 0.493 e. The third kappa shape index (κ3) is 3.65. The van der Waals surface area contributed by atoms with E-state index in [4.69, 9.17) is 9.47 Å². The molecule has 1 aromatic carbocycles. The zero-order valence-corrected chi connectivity index (χ0v) is 15.7. The second-order valence-electron chi connectivity index (χ2n) is 6.01. The van der Waals surface area contributed by atoms with Gasteiger partial charge in [0, 0.05) is 19.0 Å². The molecule has 0 fully saturated rings. The van der Waals surface area contributed by atoms with Crippen molar-refractivity contribution in [2.75, 3.05) is 19.0 Å². The number of carbonyl (C=O) groups is 2. The van der Waals surface area contributed by atoms with E-state index in [1.54, 1.807) is 20.9 Å². The lowest BCUT2D eigenvalue weighted by Crippen LogP contribution is -2.39. The molecule has 2 N–H and O–H groups in total. The fourth-order valence-corrected chi connectivity index (χ4v) is 3.57. The van der Waals surface area contributed by atoms with Crippen LogP contribution in [0.3, 0.4) is 0 Å². The zero-order chi connectivity index (χ0) is 18.7. The van der Waals surface area contributed by atoms with E-state index in [1.807, 2.05) is 24.3 Å². The molecular weight excluding hydrogens is 354 g/mol. The van der Waals surface area contributed by atoms with E-state index in [1.165, 1.54) is 11.5 Å². The van der Waals surface area contributed by atoms with Crippen molar-refractivity contribution in [1.29, 1.82) is 0 Å². The van der Waals surface area contributed by atoms with Gasteiger partial charge in [0.1, 0.15) is 16.3 Å². The van der Waals surface area contributed by atoms with Crippen molar-refractivity contribution in [1.82, 2.24) is 9.69 Å². The van der Waals surface area contributed by atoms with E-state index in [-0.39, 0.29) is 11.9 Å². The number of aromatic nitrogens is 1. The number of nitrogens with one attached hydrogen (secondary N) is 2. The fourth-order valence-electron chi connectivity index (χ4n) is 2.83. The van der Waals surface area contributed by atoms with Crippen molar-refractivity contribution in [2.45, 2.75) is 32.4 Å². The first kappa shape index (κ1) is 18.2. The van der Waals surface area contributed by atoms with Crippen LogP contribution in [0.2, 0.25) is 0 Å². The number of hydrogen-bond donors (Lipinski definition) is 2. The van der Waals surface area contributed by atoms with Crippen LogP contribution in [-0.2, 0) is 9.53 Å². The molecule has 0 spiro atoms. The van der Waals surface area contributed by atoms with Crippen LogP contribution in [0, 0.1) is 6.92 Å². The molecule has 2 aromatic rings. The highest BCUT2D eigenvalue weighted by molar-refractivity contribution is 7.10. The Bertz CT molecular complexity index is 821. The van der Waals surface area contributed by atoms with Gasteiger partial charge in [0.05, 0.1) is 18.3 Å². The van der Waals surface area contributed by atoms with E-state index < -0.39 is 12.1 Å². The average molecular weight is 375 g/mol. The minimum Gasteiger partial charge on any atom is -0.493 e. The van der Waals surface area contributed by atoms with Crippen LogP contribution in [0.25, 0.3) is 0 Å². The Kier molecular flexibility index (Phi) is 5.41. The topological polar surface area (TPSA) is 89.5 Å². The summed E-state index contributed by atoms with van der Waals surface area (Å²) in [5, 5.41) is 6.48. The Morgan fingerprint density at radius 3 is 2.92 bits per heavy atom. The molecule has 2 atom stereocenters. The van der Waals surface area contributed by atoms with Crippen LogP contribution in [0.4, 0.5) is 5.00 Å². The maximum absolute atomic E-state index is 12.5. The van der Waals surface area contributed by atoms with Gasteiger partial charge in [0.25, 0.3) is 5.91 Å². The van der Waals surface area contributed by atoms with Gasteiger partial charge in [-0.25, -0.2) is 4.79 Å². The molecule has 26 heavy (non-hydrogen) atoms. The van der Waals surface area contributed by atoms with Crippen molar-refractivity contribution < 1.29 is 19.1 Å². The van der Waals surface area contributed by atoms with E-state index in [2.05, 4.69) is 15.0 Å². The number of benzene rings is 1. The molecule has 1 aliphatic rings. The Hall–Kier alpha value is -2.61. The summed E-state index contributed by atoms with van der Waals surface area (Å²) in [5.41, 5.74) is 1.88. The summed E-state index contributed by atoms with van der Waals surface area (Å²) in [5.74, 6) is -0.130. The van der Waals surface area contributed by atoms with E-state index in [0.717, 1.165) is 11.3 Å². The molecule has 0 radical (unpaired) electrons. The first-order chi connectivity index (χ1) is 12.5. The van der Waals surface area contributed by atoms with Gasteiger partial charge < -0.3 is 20.1 Å². The van der Waals surface area contributed by atoms with Gasteiger partial charge in [-0.3, -0.25) is 4.79 Å². The summed E-state index contributed by atoms with van der Waals surface area (Å²) in [4.78, 5) is 24.9. The minimum absolute atomic E-state index is 0.161. The number of nitrogens with zero attached hydrogens (tertiary/aromatic N) is 1. The molecule has 8 heteroatoms. The van der Waals surface area contributed by atoms with Gasteiger partial charge in [-0.2, -0.15) is 4.37 Å². The quantitative estimate of drug-likeness (QED) is 0.781. The van der Waals surface area contributed by atoms with Crippen molar-refractivity contribution in [2.24, 2.45) is 0 Å². The molecular formula is C18H21N3O4S. The van der Waals surface area contributed by atoms with Gasteiger partial charge in [-0.05, 0) is 31.4 Å². The molecule has 0 aliphatic carbocycles. The van der Waals surface area contributed by atoms with Gasteiger partial charge in [-0.1, -0.05) is 18.2 Å². The number of hydrogen-bond acceptors (Lipinski definition) is 7. The number of para-hydroxylation sites is 1. The number of amides is 1. The number of esters is 1. The average Bonchev–Trinajstić information content (AvgIpc) is 3.02. The Balaban J connectivity index is 1.66. The number of aryl methyl sites for hydroxylation is 1. The zero-order valence-electron chi connectivity index (χ0n) is 14.9. The highest BCUT2D eigenvalue weighted by atomic mass is 32.1. The predicted octanol–water partition coefficient (Wildman–Crippen LogP) is 2.68. The number of anilines is 1. The lowest BCUT2D eigenvalue weighted by atomic mass is 10.0. The Morgan fingerprint density at radius 1 is 1.38 bits per heavy atom. The third-order valence-electron chi connectivity index (χ3n) is 4.22. The lowest BCUT2D eigenvalue weighted by Gasteiger charge is -2.27. The van der Waals surface area contributed by atoms with Gasteiger partial charge in [-0.15, -0.1) is 0 Å². The smallest absolute Gasteiger partial charge is 0.343 e. The number of ether oxygens (including phenoxy) is 2. The van der Waals surface area contributed by atoms with Crippen LogP contribution >= 0.6 is 11.5 Å². The summed E-state index contributed by atoms with van der Waals surface area (Å²) in [7, 11) is 1.71. The number of rotatable bonds is 5. The van der Waals surface area contributed by atoms with E-state index >= 15 is 0 Å². The Morgan fingerprint density at radius 2 is 2.15 bits per heavy atom. The van der Waals surface area contributed by atoms with Crippen LogP contribution < -0.4 is 15.4 Å². The summed E-state index contributed by atoms with van der Waals surface area (Å²) >= 11 is 1.18. The van der Waals surface area contributed by atoms with Crippen LogP contribution in [-0.4, -0.2) is 36.0 Å². The van der Waals surface area contributed by atoms with Gasteiger partial charge in [0.2, 0.25) is 0 Å². The van der Waals surface area contributed by atoms with Crippen LogP contribution in [0.1, 0.15) is 41.0 Å². The van der Waals surface area contributed by atoms with Crippen molar-refractivity contribution >= 4 is 28.4 Å². The first-order valence-electron chi connectivity index (χ1n) is 8.38. The summed E-state index contributed by atoms with van der Waals surface area (Å²) in [6, 6.07) is 7.44. The Labute approximate surface area is 155 Å². The molecule has 138 valence electrons. The summed E-state index contributed by atoms with van der Waals surface area (Å²) in [6.07, 6.45) is -0.248. The first-order valence-corrected chi connectivity index (χ1v) is 9.15. The van der Waals surface area contributed by atoms with Crippen molar-refractivity contribution in [3.05, 3.63) is 41.1 Å². The maximum Gasteiger partial charge on any atom is 0.343 e. The summed E-state index contributed by atoms with van der Waals surface area (Å²) < 4.78 is 15.1. The molecule has 1 aliphatic heterocycles. The fraction of sp³-hybridized carbons (Fsp3) is 0.389. The number of fused-ring (bicyclic) bond motifs is 1. The predicted molar refractivity (Wildman–Crippen MR) is 98.7 cm³/mol. The maximum atomic E-state index is 12.5. The molecule has 0 unspecified atom stereocenters. The second kappa shape index (κ2) is 7.74. The molecule has 0 saturated heterocycles. The SMILES string of the molecule is CNc1snc(C)c1C(=O)O[C@H](C)C(=O)N[C@H]1CCOc2ccccc21. The number of carbonyl (C=O) groups excluding carboxylic acids is 2. The molecule has 3 rings (SSSR count). The lowest BCUT2D eigenvalue weighted by molar-refractivity contribution is -0.130. The molecule has 1 aromatic heterocycles. The highest BCUT2D eigenvalue weighted by Gasteiger charge is 2.28. The highest BCUT2D eigenvalue weighted by Crippen LogP contribution is 2.31. The minimum atomic E-state index is -0.915. The van der Waals surface area contributed by atoms with Crippen molar-refractivity contribution in [3.8, 4) is 5.75 Å². The monoisotopic (exact) mass is 375 g/mol. The molecule has 0 bridgehead atoms. The molecule has 7 nitrogen and oxygen atoms in total. The standard InChI is InChI=1S/C18H21N3O4S/c1-10-15(17(19-3)26-21-10)18(23)25-11(2)16(22)20-13-8-9-24-14-7-5-4-6-12(13)14/h4-7,11,13,19H,8-9H2,1-3H3,(H,20,22)/t11-,13+/m1/s1.